The number of amides is 1. The number of hydrogen-bond donors (Lipinski definition) is 2. The van der Waals surface area contributed by atoms with E-state index >= 15 is 0 Å². The summed E-state index contributed by atoms with van der Waals surface area (Å²) in [7, 11) is 0. The minimum absolute atomic E-state index is 0.0938. The van der Waals surface area contributed by atoms with Gasteiger partial charge in [0, 0.05) is 49.1 Å². The van der Waals surface area contributed by atoms with E-state index in [-0.39, 0.29) is 18.4 Å². The number of aromatic nitrogens is 1. The number of carbonyl (C=O) groups excluding carboxylic acids is 1. The molecular weight excluding hydrogens is 228 g/mol. The number of nitrogens with one attached hydrogen (secondary N) is 1. The van der Waals surface area contributed by atoms with Crippen LogP contribution in [-0.4, -0.2) is 34.0 Å². The highest BCUT2D eigenvalue weighted by Gasteiger charge is 2.29. The first-order valence-electron chi connectivity index (χ1n) is 6.21. The van der Waals surface area contributed by atoms with Gasteiger partial charge in [-0.15, -0.1) is 0 Å². The van der Waals surface area contributed by atoms with Crippen LogP contribution in [0.25, 0.3) is 10.9 Å². The molecule has 1 atom stereocenters. The molecule has 2 heterocycles. The molecule has 1 fully saturated rings. The van der Waals surface area contributed by atoms with Crippen LogP contribution in [-0.2, 0) is 11.3 Å². The maximum atomic E-state index is 11.8. The van der Waals surface area contributed by atoms with Gasteiger partial charge >= 0.3 is 0 Å². The van der Waals surface area contributed by atoms with Crippen molar-refractivity contribution in [3.05, 3.63) is 36.0 Å². The van der Waals surface area contributed by atoms with Crippen LogP contribution in [0, 0.1) is 5.92 Å². The van der Waals surface area contributed by atoms with Gasteiger partial charge in [-0.25, -0.2) is 0 Å². The van der Waals surface area contributed by atoms with Crippen molar-refractivity contribution in [3.63, 3.8) is 0 Å². The van der Waals surface area contributed by atoms with Crippen LogP contribution >= 0.6 is 0 Å². The Labute approximate surface area is 105 Å². The lowest BCUT2D eigenvalue weighted by molar-refractivity contribution is -0.128. The van der Waals surface area contributed by atoms with Gasteiger partial charge in [0.15, 0.2) is 0 Å². The number of carbonyl (C=O) groups is 1. The highest BCUT2D eigenvalue weighted by molar-refractivity contribution is 5.84. The third-order valence-corrected chi connectivity index (χ3v) is 3.60. The number of fused-ring (bicyclic) bond motifs is 1. The van der Waals surface area contributed by atoms with E-state index in [4.69, 9.17) is 5.11 Å². The molecule has 1 aromatic carbocycles. The molecule has 4 heteroatoms. The SMILES string of the molecule is O=C1CC(CO)CN1Cc1cccc2[nH]ccc12. The number of H-pyrrole nitrogens is 1. The van der Waals surface area contributed by atoms with Gasteiger partial charge in [0.2, 0.25) is 5.91 Å². The molecule has 0 radical (unpaired) electrons. The first-order valence-corrected chi connectivity index (χ1v) is 6.21. The van der Waals surface area contributed by atoms with E-state index in [0.717, 1.165) is 16.5 Å². The Bertz CT molecular complexity index is 576. The summed E-state index contributed by atoms with van der Waals surface area (Å²) in [6.07, 6.45) is 2.39. The molecule has 0 saturated carbocycles. The van der Waals surface area contributed by atoms with E-state index in [2.05, 4.69) is 11.1 Å². The standard InChI is InChI=1S/C14H16N2O2/c17-9-10-6-14(18)16(7-10)8-11-2-1-3-13-12(11)4-5-15-13/h1-5,10,15,17H,6-9H2. The maximum absolute atomic E-state index is 11.8. The van der Waals surface area contributed by atoms with Crippen molar-refractivity contribution in [1.29, 1.82) is 0 Å². The molecule has 0 aliphatic carbocycles. The van der Waals surface area contributed by atoms with Crippen LogP contribution in [0.5, 0.6) is 0 Å². The van der Waals surface area contributed by atoms with E-state index in [1.165, 1.54) is 0 Å². The molecule has 4 nitrogen and oxygen atoms in total. The Morgan fingerprint density at radius 3 is 3.06 bits per heavy atom. The normalized spacial score (nSPS) is 19.9. The minimum Gasteiger partial charge on any atom is -0.396 e. The lowest BCUT2D eigenvalue weighted by atomic mass is 10.1. The summed E-state index contributed by atoms with van der Waals surface area (Å²) in [6, 6.07) is 8.11. The molecular formula is C14H16N2O2. The van der Waals surface area contributed by atoms with E-state index in [1.807, 2.05) is 29.3 Å². The number of rotatable bonds is 3. The summed E-state index contributed by atoms with van der Waals surface area (Å²) in [6.45, 7) is 1.39. The van der Waals surface area contributed by atoms with Gasteiger partial charge in [-0.2, -0.15) is 0 Å². The zero-order valence-electron chi connectivity index (χ0n) is 10.1. The van der Waals surface area contributed by atoms with E-state index in [1.54, 1.807) is 0 Å². The lowest BCUT2D eigenvalue weighted by Gasteiger charge is -2.17. The molecule has 94 valence electrons. The molecule has 1 unspecified atom stereocenters. The van der Waals surface area contributed by atoms with Crippen LogP contribution in [0.4, 0.5) is 0 Å². The maximum Gasteiger partial charge on any atom is 0.223 e. The molecule has 2 aromatic rings. The smallest absolute Gasteiger partial charge is 0.223 e. The number of likely N-dealkylation sites (tertiary alicyclic amines) is 1. The van der Waals surface area contributed by atoms with Crippen molar-refractivity contribution in [2.45, 2.75) is 13.0 Å². The quantitative estimate of drug-likeness (QED) is 0.859. The third-order valence-electron chi connectivity index (χ3n) is 3.60. The summed E-state index contributed by atoms with van der Waals surface area (Å²) in [5, 5.41) is 10.3. The Hall–Kier alpha value is -1.81. The second-order valence-corrected chi connectivity index (χ2v) is 4.88. The number of nitrogens with zero attached hydrogens (tertiary/aromatic N) is 1. The summed E-state index contributed by atoms with van der Waals surface area (Å²) in [5.74, 6) is 0.240. The van der Waals surface area contributed by atoms with E-state index in [9.17, 15) is 4.79 Å². The van der Waals surface area contributed by atoms with Gasteiger partial charge in [0.05, 0.1) is 0 Å². The molecule has 3 rings (SSSR count). The molecule has 1 aromatic heterocycles. The van der Waals surface area contributed by atoms with Crippen molar-refractivity contribution >= 4 is 16.8 Å². The summed E-state index contributed by atoms with van der Waals surface area (Å²) < 4.78 is 0. The van der Waals surface area contributed by atoms with Crippen LogP contribution in [0.1, 0.15) is 12.0 Å². The number of aliphatic hydroxyl groups excluding tert-OH is 1. The van der Waals surface area contributed by atoms with Gasteiger partial charge in [0.25, 0.3) is 0 Å². The summed E-state index contributed by atoms with van der Waals surface area (Å²) in [5.41, 5.74) is 2.25. The predicted octanol–water partition coefficient (Wildman–Crippen LogP) is 1.51. The average molecular weight is 244 g/mol. The Morgan fingerprint density at radius 1 is 1.39 bits per heavy atom. The molecule has 1 aliphatic heterocycles. The van der Waals surface area contributed by atoms with Gasteiger partial charge in [-0.05, 0) is 17.7 Å². The summed E-state index contributed by atoms with van der Waals surface area (Å²) >= 11 is 0. The van der Waals surface area contributed by atoms with E-state index < -0.39 is 0 Å². The van der Waals surface area contributed by atoms with Crippen LogP contribution < -0.4 is 0 Å². The van der Waals surface area contributed by atoms with Gasteiger partial charge < -0.3 is 15.0 Å². The van der Waals surface area contributed by atoms with E-state index in [0.29, 0.717) is 19.5 Å². The van der Waals surface area contributed by atoms with Crippen LogP contribution in [0.2, 0.25) is 0 Å². The fourth-order valence-corrected chi connectivity index (χ4v) is 2.62. The lowest BCUT2D eigenvalue weighted by Crippen LogP contribution is -2.25. The zero-order chi connectivity index (χ0) is 12.5. The zero-order valence-corrected chi connectivity index (χ0v) is 10.1. The Balaban J connectivity index is 1.84. The van der Waals surface area contributed by atoms with Crippen molar-refractivity contribution in [3.8, 4) is 0 Å². The Kier molecular flexibility index (Phi) is 2.80. The van der Waals surface area contributed by atoms with Gasteiger partial charge in [-0.1, -0.05) is 12.1 Å². The van der Waals surface area contributed by atoms with Crippen molar-refractivity contribution in [2.24, 2.45) is 5.92 Å². The second-order valence-electron chi connectivity index (χ2n) is 4.88. The van der Waals surface area contributed by atoms with Gasteiger partial charge in [0.1, 0.15) is 0 Å². The van der Waals surface area contributed by atoms with Gasteiger partial charge in [-0.3, -0.25) is 4.79 Å². The molecule has 0 spiro atoms. The monoisotopic (exact) mass is 244 g/mol. The van der Waals surface area contributed by atoms with Crippen molar-refractivity contribution < 1.29 is 9.90 Å². The van der Waals surface area contributed by atoms with Crippen molar-refractivity contribution in [2.75, 3.05) is 13.2 Å². The molecule has 1 aliphatic rings. The van der Waals surface area contributed by atoms with Crippen LogP contribution in [0.3, 0.4) is 0 Å². The highest BCUT2D eigenvalue weighted by atomic mass is 16.3. The number of hydrogen-bond acceptors (Lipinski definition) is 2. The molecule has 0 bridgehead atoms. The third kappa shape index (κ3) is 1.88. The van der Waals surface area contributed by atoms with Crippen molar-refractivity contribution in [1.82, 2.24) is 9.88 Å². The molecule has 1 saturated heterocycles. The molecule has 18 heavy (non-hydrogen) atoms. The molecule has 2 N–H and O–H groups in total. The molecule has 1 amide bonds. The predicted molar refractivity (Wildman–Crippen MR) is 68.9 cm³/mol. The highest BCUT2D eigenvalue weighted by Crippen LogP contribution is 2.23. The largest absolute Gasteiger partial charge is 0.396 e. The number of benzene rings is 1. The first kappa shape index (κ1) is 11.3. The summed E-state index contributed by atoms with van der Waals surface area (Å²) in [4.78, 5) is 16.8. The number of aliphatic hydroxyl groups is 1. The second kappa shape index (κ2) is 4.46. The number of aromatic amines is 1. The average Bonchev–Trinajstić information content (AvgIpc) is 2.97. The minimum atomic E-state index is 0.0938. The fraction of sp³-hybridized carbons (Fsp3) is 0.357. The fourth-order valence-electron chi connectivity index (χ4n) is 2.62. The Morgan fingerprint density at radius 2 is 2.28 bits per heavy atom. The first-order chi connectivity index (χ1) is 8.78. The van der Waals surface area contributed by atoms with Crippen LogP contribution in [0.15, 0.2) is 30.5 Å². The topological polar surface area (TPSA) is 56.3 Å².